The molecule has 0 aromatic carbocycles. The fourth-order valence-corrected chi connectivity index (χ4v) is 2.83. The van der Waals surface area contributed by atoms with Gasteiger partial charge >= 0.3 is 0 Å². The molecular weight excluding hydrogens is 240 g/mol. The lowest BCUT2D eigenvalue weighted by molar-refractivity contribution is 0.817. The van der Waals surface area contributed by atoms with Crippen LogP contribution in [0.4, 0.5) is 0 Å². The molecule has 0 bridgehead atoms. The maximum atomic E-state index is 6.18. The van der Waals surface area contributed by atoms with E-state index in [1.807, 2.05) is 18.7 Å². The molecule has 0 aliphatic rings. The van der Waals surface area contributed by atoms with Gasteiger partial charge in [0.2, 0.25) is 0 Å². The quantitative estimate of drug-likeness (QED) is 0.585. The molecule has 0 N–H and O–H groups in total. The zero-order chi connectivity index (χ0) is 12.1. The van der Waals surface area contributed by atoms with E-state index in [1.165, 1.54) is 6.42 Å². The van der Waals surface area contributed by atoms with Crippen LogP contribution in [0, 0.1) is 6.92 Å². The Hall–Kier alpha value is -0.280. The van der Waals surface area contributed by atoms with E-state index in [0.717, 1.165) is 28.6 Å². The Morgan fingerprint density at radius 2 is 2.00 bits per heavy atom. The molecule has 0 unspecified atom stereocenters. The van der Waals surface area contributed by atoms with Crippen LogP contribution in [-0.2, 0) is 5.75 Å². The molecule has 16 heavy (non-hydrogen) atoms. The third kappa shape index (κ3) is 3.63. The van der Waals surface area contributed by atoms with Crippen molar-refractivity contribution in [1.82, 2.24) is 9.97 Å². The number of aromatic nitrogens is 2. The monoisotopic (exact) mass is 258 g/mol. The average molecular weight is 259 g/mol. The molecule has 1 heterocycles. The molecule has 90 valence electrons. The van der Waals surface area contributed by atoms with Crippen molar-refractivity contribution in [3.05, 3.63) is 22.2 Å². The minimum atomic E-state index is 0.379. The summed E-state index contributed by atoms with van der Waals surface area (Å²) in [5.74, 6) is 3.23. The van der Waals surface area contributed by atoms with Gasteiger partial charge in [-0.05, 0) is 25.0 Å². The van der Waals surface area contributed by atoms with Gasteiger partial charge in [-0.1, -0.05) is 32.4 Å². The van der Waals surface area contributed by atoms with Crippen molar-refractivity contribution in [2.24, 2.45) is 0 Å². The van der Waals surface area contributed by atoms with Gasteiger partial charge in [0.25, 0.3) is 0 Å². The number of aryl methyl sites for hydroxylation is 1. The van der Waals surface area contributed by atoms with Crippen molar-refractivity contribution >= 4 is 23.4 Å². The lowest BCUT2D eigenvalue weighted by Crippen LogP contribution is -2.03. The van der Waals surface area contributed by atoms with Gasteiger partial charge in [-0.3, -0.25) is 0 Å². The number of nitrogens with zero attached hydrogens (tertiary/aromatic N) is 2. The summed E-state index contributed by atoms with van der Waals surface area (Å²) in [6.07, 6.45) is 1.18. The van der Waals surface area contributed by atoms with Crippen LogP contribution in [0.5, 0.6) is 0 Å². The van der Waals surface area contributed by atoms with Gasteiger partial charge in [-0.15, -0.1) is 0 Å². The molecule has 0 atom stereocenters. The highest BCUT2D eigenvalue weighted by atomic mass is 35.5. The third-order valence-corrected chi connectivity index (χ3v) is 3.74. The fourth-order valence-electron chi connectivity index (χ4n) is 1.63. The second-order valence-corrected chi connectivity index (χ2v) is 5.60. The zero-order valence-corrected chi connectivity index (χ0v) is 12.0. The van der Waals surface area contributed by atoms with E-state index >= 15 is 0 Å². The smallest absolute Gasteiger partial charge is 0.140 e. The molecule has 0 saturated heterocycles. The van der Waals surface area contributed by atoms with Crippen LogP contribution in [0.3, 0.4) is 0 Å². The average Bonchev–Trinajstić information content (AvgIpc) is 2.16. The lowest BCUT2D eigenvalue weighted by atomic mass is 10.0. The first-order valence-corrected chi connectivity index (χ1v) is 7.20. The van der Waals surface area contributed by atoms with E-state index in [9.17, 15) is 0 Å². The Balaban J connectivity index is 2.83. The molecular formula is C12H19ClN2S. The van der Waals surface area contributed by atoms with Crippen molar-refractivity contribution in [3.8, 4) is 0 Å². The van der Waals surface area contributed by atoms with Gasteiger partial charge < -0.3 is 0 Å². The Morgan fingerprint density at radius 3 is 2.50 bits per heavy atom. The van der Waals surface area contributed by atoms with E-state index in [-0.39, 0.29) is 0 Å². The second-order valence-electron chi connectivity index (χ2n) is 4.14. The maximum absolute atomic E-state index is 6.18. The molecule has 0 amide bonds. The molecule has 0 spiro atoms. The van der Waals surface area contributed by atoms with Crippen molar-refractivity contribution in [2.75, 3.05) is 5.75 Å². The first kappa shape index (κ1) is 13.8. The summed E-state index contributed by atoms with van der Waals surface area (Å²) < 4.78 is 0. The molecule has 0 aliphatic carbocycles. The van der Waals surface area contributed by atoms with Gasteiger partial charge in [0.1, 0.15) is 11.0 Å². The summed E-state index contributed by atoms with van der Waals surface area (Å²) in [6, 6.07) is 0. The van der Waals surface area contributed by atoms with Gasteiger partial charge in [-0.2, -0.15) is 11.8 Å². The third-order valence-electron chi connectivity index (χ3n) is 2.29. The Kier molecular flexibility index (Phi) is 5.56. The van der Waals surface area contributed by atoms with Crippen LogP contribution in [0.25, 0.3) is 0 Å². The summed E-state index contributed by atoms with van der Waals surface area (Å²) in [5, 5.41) is 0.620. The molecule has 0 radical (unpaired) electrons. The Bertz CT molecular complexity index is 330. The largest absolute Gasteiger partial charge is 0.237 e. The Labute approximate surface area is 107 Å². The number of rotatable bonds is 5. The van der Waals surface area contributed by atoms with Crippen LogP contribution >= 0.6 is 23.4 Å². The minimum Gasteiger partial charge on any atom is -0.237 e. The highest BCUT2D eigenvalue weighted by Gasteiger charge is 2.12. The first-order valence-electron chi connectivity index (χ1n) is 5.66. The van der Waals surface area contributed by atoms with Gasteiger partial charge in [0.15, 0.2) is 0 Å². The van der Waals surface area contributed by atoms with E-state index in [4.69, 9.17) is 11.6 Å². The summed E-state index contributed by atoms with van der Waals surface area (Å²) in [6.45, 7) is 8.41. The maximum Gasteiger partial charge on any atom is 0.140 e. The molecule has 0 aliphatic heterocycles. The van der Waals surface area contributed by atoms with E-state index < -0.39 is 0 Å². The molecule has 0 fully saturated rings. The van der Waals surface area contributed by atoms with Crippen molar-refractivity contribution in [1.29, 1.82) is 0 Å². The number of thioether (sulfide) groups is 1. The predicted molar refractivity (Wildman–Crippen MR) is 72.3 cm³/mol. The number of hydrogen-bond acceptors (Lipinski definition) is 3. The van der Waals surface area contributed by atoms with E-state index in [2.05, 4.69) is 30.7 Å². The predicted octanol–water partition coefficient (Wildman–Crippen LogP) is 4.21. The number of hydrogen-bond donors (Lipinski definition) is 0. The minimum absolute atomic E-state index is 0.379. The lowest BCUT2D eigenvalue weighted by Gasteiger charge is -2.12. The summed E-state index contributed by atoms with van der Waals surface area (Å²) >= 11 is 8.04. The van der Waals surface area contributed by atoms with Gasteiger partial charge in [0.05, 0.1) is 5.75 Å². The highest BCUT2D eigenvalue weighted by Crippen LogP contribution is 2.25. The molecule has 4 heteroatoms. The fraction of sp³-hybridized carbons (Fsp3) is 0.667. The standard InChI is InChI=1S/C12H19ClN2S/c1-5-6-16-7-10-14-9(4)11(8(2)3)12(13)15-10/h8H,5-7H2,1-4H3. The van der Waals surface area contributed by atoms with E-state index in [0.29, 0.717) is 11.1 Å². The first-order chi connectivity index (χ1) is 7.56. The highest BCUT2D eigenvalue weighted by molar-refractivity contribution is 7.98. The molecule has 1 rings (SSSR count). The topological polar surface area (TPSA) is 25.8 Å². The van der Waals surface area contributed by atoms with Crippen LogP contribution in [0.15, 0.2) is 0 Å². The van der Waals surface area contributed by atoms with Gasteiger partial charge in [0, 0.05) is 11.3 Å². The number of halogens is 1. The second kappa shape index (κ2) is 6.45. The normalized spacial score (nSPS) is 11.1. The van der Waals surface area contributed by atoms with Crippen molar-refractivity contribution in [3.63, 3.8) is 0 Å². The van der Waals surface area contributed by atoms with Crippen molar-refractivity contribution in [2.45, 2.75) is 45.8 Å². The van der Waals surface area contributed by atoms with Crippen LogP contribution in [0.2, 0.25) is 5.15 Å². The van der Waals surface area contributed by atoms with Gasteiger partial charge in [-0.25, -0.2) is 9.97 Å². The molecule has 0 saturated carbocycles. The summed E-state index contributed by atoms with van der Waals surface area (Å²) in [4.78, 5) is 8.87. The zero-order valence-electron chi connectivity index (χ0n) is 10.4. The van der Waals surface area contributed by atoms with Crippen LogP contribution < -0.4 is 0 Å². The molecule has 1 aromatic heterocycles. The summed E-state index contributed by atoms with van der Waals surface area (Å²) in [5.41, 5.74) is 2.09. The summed E-state index contributed by atoms with van der Waals surface area (Å²) in [7, 11) is 0. The van der Waals surface area contributed by atoms with Crippen LogP contribution in [0.1, 0.15) is 50.2 Å². The van der Waals surface area contributed by atoms with E-state index in [1.54, 1.807) is 0 Å². The molecule has 2 nitrogen and oxygen atoms in total. The Morgan fingerprint density at radius 1 is 1.31 bits per heavy atom. The van der Waals surface area contributed by atoms with Crippen LogP contribution in [-0.4, -0.2) is 15.7 Å². The van der Waals surface area contributed by atoms with Crippen molar-refractivity contribution < 1.29 is 0 Å². The molecule has 1 aromatic rings. The SMILES string of the molecule is CCCSCc1nc(C)c(C(C)C)c(Cl)n1.